The number of hydrogen-bond acceptors (Lipinski definition) is 8. The van der Waals surface area contributed by atoms with E-state index in [-0.39, 0.29) is 24.1 Å². The van der Waals surface area contributed by atoms with E-state index in [0.717, 1.165) is 16.6 Å². The summed E-state index contributed by atoms with van der Waals surface area (Å²) in [7, 11) is 3.02. The van der Waals surface area contributed by atoms with Gasteiger partial charge in [-0.15, -0.1) is 0 Å². The molecule has 3 aromatic carbocycles. The summed E-state index contributed by atoms with van der Waals surface area (Å²) in [5.74, 6) is -2.40. The summed E-state index contributed by atoms with van der Waals surface area (Å²) < 4.78 is 5.24. The van der Waals surface area contributed by atoms with Crippen LogP contribution in [0, 0.1) is 5.41 Å². The standard InChI is InChI=1S/C30H23N3O5/c1-33-16-28(27(36)38-2,30(37)25(34)17-9-3-4-10-18(17)26(30)35)15-29(33)20-12-6-5-11-19(20)23-24(29)32-22-14-8-7-13-21(22)31-23/h3-14,37H,15-16H2,1-2H3. The van der Waals surface area contributed by atoms with Crippen LogP contribution in [0.25, 0.3) is 22.3 Å². The highest BCUT2D eigenvalue weighted by Crippen LogP contribution is 2.62. The number of hydrogen-bond donors (Lipinski definition) is 1. The molecule has 7 rings (SSSR count). The second kappa shape index (κ2) is 7.40. The summed E-state index contributed by atoms with van der Waals surface area (Å²) in [5.41, 5.74) is -0.970. The van der Waals surface area contributed by atoms with E-state index in [1.807, 2.05) is 60.5 Å². The number of esters is 1. The number of Topliss-reactive ketones (excluding diaryl/α,β-unsaturated/α-hetero) is 2. The van der Waals surface area contributed by atoms with Crippen molar-refractivity contribution in [3.63, 3.8) is 0 Å². The van der Waals surface area contributed by atoms with Gasteiger partial charge in [0.05, 0.1) is 35.1 Å². The van der Waals surface area contributed by atoms with Gasteiger partial charge in [-0.2, -0.15) is 0 Å². The Balaban J connectivity index is 1.51. The first-order valence-corrected chi connectivity index (χ1v) is 12.4. The van der Waals surface area contributed by atoms with E-state index in [0.29, 0.717) is 16.9 Å². The van der Waals surface area contributed by atoms with Gasteiger partial charge in [-0.05, 0) is 31.2 Å². The Kier molecular flexibility index (Phi) is 4.46. The van der Waals surface area contributed by atoms with Crippen LogP contribution in [0.5, 0.6) is 0 Å². The Morgan fingerprint density at radius 3 is 2.05 bits per heavy atom. The normalized spacial score (nSPS) is 25.0. The minimum atomic E-state index is -2.64. The van der Waals surface area contributed by atoms with Crippen molar-refractivity contribution in [3.8, 4) is 11.3 Å². The number of carbonyl (C=O) groups is 3. The second-order valence-corrected chi connectivity index (χ2v) is 10.3. The molecule has 2 unspecified atom stereocenters. The van der Waals surface area contributed by atoms with Gasteiger partial charge in [0, 0.05) is 23.2 Å². The predicted molar refractivity (Wildman–Crippen MR) is 138 cm³/mol. The van der Waals surface area contributed by atoms with E-state index in [2.05, 4.69) is 0 Å². The molecule has 1 saturated heterocycles. The molecule has 1 fully saturated rings. The first-order chi connectivity index (χ1) is 18.3. The molecule has 2 heterocycles. The Morgan fingerprint density at radius 2 is 1.42 bits per heavy atom. The molecule has 38 heavy (non-hydrogen) atoms. The zero-order valence-electron chi connectivity index (χ0n) is 20.8. The fourth-order valence-electron chi connectivity index (χ4n) is 6.92. The van der Waals surface area contributed by atoms with Gasteiger partial charge in [0.1, 0.15) is 5.41 Å². The van der Waals surface area contributed by atoms with Crippen LogP contribution in [0.2, 0.25) is 0 Å². The lowest BCUT2D eigenvalue weighted by Gasteiger charge is -2.38. The van der Waals surface area contributed by atoms with Crippen molar-refractivity contribution in [1.82, 2.24) is 14.9 Å². The highest BCUT2D eigenvalue weighted by molar-refractivity contribution is 6.34. The molecule has 8 heteroatoms. The molecule has 1 aliphatic heterocycles. The Morgan fingerprint density at radius 1 is 0.868 bits per heavy atom. The zero-order chi connectivity index (χ0) is 26.4. The topological polar surface area (TPSA) is 110 Å². The molecule has 1 aromatic heterocycles. The maximum atomic E-state index is 13.8. The average Bonchev–Trinajstić information content (AvgIpc) is 3.50. The number of nitrogens with zero attached hydrogens (tertiary/aromatic N) is 3. The van der Waals surface area contributed by atoms with Crippen molar-refractivity contribution in [2.24, 2.45) is 5.41 Å². The average molecular weight is 506 g/mol. The van der Waals surface area contributed by atoms with Crippen LogP contribution in [0.1, 0.15) is 38.4 Å². The lowest BCUT2D eigenvalue weighted by atomic mass is 9.65. The highest BCUT2D eigenvalue weighted by Gasteiger charge is 2.75. The molecule has 2 aliphatic carbocycles. The number of benzene rings is 3. The molecular weight excluding hydrogens is 482 g/mol. The van der Waals surface area contributed by atoms with E-state index >= 15 is 0 Å². The summed E-state index contributed by atoms with van der Waals surface area (Å²) in [5, 5.41) is 12.2. The van der Waals surface area contributed by atoms with Crippen molar-refractivity contribution < 1.29 is 24.2 Å². The van der Waals surface area contributed by atoms with E-state index in [1.165, 1.54) is 19.2 Å². The molecule has 1 spiro atoms. The van der Waals surface area contributed by atoms with E-state index in [9.17, 15) is 19.5 Å². The lowest BCUT2D eigenvalue weighted by Crippen LogP contribution is -2.61. The highest BCUT2D eigenvalue weighted by atomic mass is 16.5. The van der Waals surface area contributed by atoms with Gasteiger partial charge in [0.2, 0.25) is 17.2 Å². The number of ether oxygens (including phenoxy) is 1. The van der Waals surface area contributed by atoms with Gasteiger partial charge < -0.3 is 9.84 Å². The predicted octanol–water partition coefficient (Wildman–Crippen LogP) is 3.16. The van der Waals surface area contributed by atoms with Gasteiger partial charge >= 0.3 is 5.97 Å². The molecule has 0 amide bonds. The molecule has 2 atom stereocenters. The number of fused-ring (bicyclic) bond motifs is 7. The number of methoxy groups -OCH3 is 1. The van der Waals surface area contributed by atoms with Gasteiger partial charge in [-0.3, -0.25) is 19.3 Å². The quantitative estimate of drug-likeness (QED) is 0.327. The van der Waals surface area contributed by atoms with Crippen LogP contribution < -0.4 is 0 Å². The summed E-state index contributed by atoms with van der Waals surface area (Å²) in [6.07, 6.45) is -0.0951. The molecule has 3 aliphatic rings. The minimum Gasteiger partial charge on any atom is -0.468 e. The molecule has 0 bridgehead atoms. The number of likely N-dealkylation sites (tertiary alicyclic amines) is 1. The Bertz CT molecular complexity index is 1700. The number of rotatable bonds is 2. The minimum absolute atomic E-state index is 0.0951. The monoisotopic (exact) mass is 505 g/mol. The van der Waals surface area contributed by atoms with Crippen LogP contribution >= 0.6 is 0 Å². The Labute approximate surface area is 217 Å². The van der Waals surface area contributed by atoms with Crippen LogP contribution in [0.3, 0.4) is 0 Å². The molecule has 4 aromatic rings. The molecule has 0 radical (unpaired) electrons. The van der Waals surface area contributed by atoms with Crippen molar-refractivity contribution in [3.05, 3.63) is 95.2 Å². The van der Waals surface area contributed by atoms with Crippen LogP contribution in [-0.2, 0) is 15.1 Å². The Hall–Kier alpha value is -4.27. The van der Waals surface area contributed by atoms with Crippen LogP contribution in [0.15, 0.2) is 72.8 Å². The third-order valence-corrected chi connectivity index (χ3v) is 8.65. The molecule has 0 saturated carbocycles. The van der Waals surface area contributed by atoms with Crippen LogP contribution in [-0.4, -0.2) is 63.8 Å². The largest absolute Gasteiger partial charge is 0.468 e. The summed E-state index contributed by atoms with van der Waals surface area (Å²) in [6, 6.07) is 21.5. The summed E-state index contributed by atoms with van der Waals surface area (Å²) >= 11 is 0. The van der Waals surface area contributed by atoms with Gasteiger partial charge in [0.15, 0.2) is 0 Å². The van der Waals surface area contributed by atoms with Crippen molar-refractivity contribution in [2.75, 3.05) is 20.7 Å². The number of ketones is 2. The third kappa shape index (κ3) is 2.44. The SMILES string of the molecule is COC(=O)C1(C2(O)C(=O)c3ccccc3C2=O)CN(C)C2(C1)c1ccccc1-c1nc3ccccc3nc12. The first kappa shape index (κ1) is 22.9. The fourth-order valence-corrected chi connectivity index (χ4v) is 6.92. The molecule has 1 N–H and O–H groups in total. The third-order valence-electron chi connectivity index (χ3n) is 8.65. The van der Waals surface area contributed by atoms with E-state index < -0.39 is 34.1 Å². The number of para-hydroxylation sites is 2. The fraction of sp³-hybridized carbons (Fsp3) is 0.233. The maximum absolute atomic E-state index is 13.8. The lowest BCUT2D eigenvalue weighted by molar-refractivity contribution is -0.162. The van der Waals surface area contributed by atoms with E-state index in [1.54, 1.807) is 12.1 Å². The van der Waals surface area contributed by atoms with Crippen molar-refractivity contribution in [1.29, 1.82) is 0 Å². The number of aromatic nitrogens is 2. The second-order valence-electron chi connectivity index (χ2n) is 10.3. The van der Waals surface area contributed by atoms with Crippen molar-refractivity contribution >= 4 is 28.6 Å². The maximum Gasteiger partial charge on any atom is 0.317 e. The first-order valence-electron chi connectivity index (χ1n) is 12.4. The molecule has 8 nitrogen and oxygen atoms in total. The summed E-state index contributed by atoms with van der Waals surface area (Å²) in [4.78, 5) is 53.2. The number of aliphatic hydroxyl groups is 1. The number of carbonyl (C=O) groups excluding carboxylic acids is 3. The van der Waals surface area contributed by atoms with E-state index in [4.69, 9.17) is 14.7 Å². The zero-order valence-corrected chi connectivity index (χ0v) is 20.8. The van der Waals surface area contributed by atoms with Crippen LogP contribution in [0.4, 0.5) is 0 Å². The summed E-state index contributed by atoms with van der Waals surface area (Å²) in [6.45, 7) is -0.107. The molecule has 188 valence electrons. The smallest absolute Gasteiger partial charge is 0.317 e. The van der Waals surface area contributed by atoms with Gasteiger partial charge in [0.25, 0.3) is 0 Å². The van der Waals surface area contributed by atoms with Gasteiger partial charge in [-0.25, -0.2) is 9.97 Å². The molecular formula is C30H23N3O5. The van der Waals surface area contributed by atoms with Gasteiger partial charge in [-0.1, -0.05) is 60.7 Å². The van der Waals surface area contributed by atoms with Crippen molar-refractivity contribution in [2.45, 2.75) is 17.6 Å².